The van der Waals surface area contributed by atoms with Crippen molar-refractivity contribution < 1.29 is 0 Å². The van der Waals surface area contributed by atoms with Gasteiger partial charge in [-0.15, -0.1) is 0 Å². The number of nitrogens with one attached hydrogen (secondary N) is 1. The lowest BCUT2D eigenvalue weighted by Gasteiger charge is -2.01. The first kappa shape index (κ1) is 13.1. The van der Waals surface area contributed by atoms with Crippen LogP contribution in [0.5, 0.6) is 0 Å². The van der Waals surface area contributed by atoms with Crippen molar-refractivity contribution >= 4 is 0 Å². The van der Waals surface area contributed by atoms with E-state index in [-0.39, 0.29) is 0 Å². The fourth-order valence-corrected chi connectivity index (χ4v) is 1.13. The number of hydrogen-bond donors (Lipinski definition) is 1. The third kappa shape index (κ3) is 5.70. The molecule has 0 atom stereocenters. The number of hydrogen-bond acceptors (Lipinski definition) is 2. The summed E-state index contributed by atoms with van der Waals surface area (Å²) in [7, 11) is 0. The second-order valence-electron chi connectivity index (χ2n) is 2.87. The summed E-state index contributed by atoms with van der Waals surface area (Å²) < 4.78 is 0. The summed E-state index contributed by atoms with van der Waals surface area (Å²) in [6, 6.07) is 6.16. The van der Waals surface area contributed by atoms with Gasteiger partial charge in [0.15, 0.2) is 0 Å². The highest BCUT2D eigenvalue weighted by Gasteiger charge is 1.92. The van der Waals surface area contributed by atoms with Gasteiger partial charge >= 0.3 is 0 Å². The number of aromatic nitrogens is 1. The summed E-state index contributed by atoms with van der Waals surface area (Å²) in [5, 5.41) is 3.28. The lowest BCUT2D eigenvalue weighted by atomic mass is 10.2. The van der Waals surface area contributed by atoms with E-state index >= 15 is 0 Å². The van der Waals surface area contributed by atoms with E-state index < -0.39 is 0 Å². The molecular formula is C12H22N2. The van der Waals surface area contributed by atoms with Crippen LogP contribution in [0, 0.1) is 6.92 Å². The van der Waals surface area contributed by atoms with E-state index in [0.717, 1.165) is 25.2 Å². The molecule has 1 aromatic heterocycles. The van der Waals surface area contributed by atoms with Crippen LogP contribution in [0.3, 0.4) is 0 Å². The van der Waals surface area contributed by atoms with Crippen molar-refractivity contribution in [2.45, 2.75) is 34.1 Å². The second-order valence-corrected chi connectivity index (χ2v) is 2.87. The van der Waals surface area contributed by atoms with Crippen molar-refractivity contribution in [3.05, 3.63) is 29.6 Å². The molecule has 1 N–H and O–H groups in total. The number of nitrogens with zero attached hydrogens (tertiary/aromatic N) is 1. The highest BCUT2D eigenvalue weighted by molar-refractivity contribution is 5.09. The van der Waals surface area contributed by atoms with Gasteiger partial charge in [-0.3, -0.25) is 4.98 Å². The summed E-state index contributed by atoms with van der Waals surface area (Å²) in [6.07, 6.45) is 1.02. The average Bonchev–Trinajstić information content (AvgIpc) is 2.21. The molecule has 1 heterocycles. The molecule has 0 aliphatic carbocycles. The van der Waals surface area contributed by atoms with Crippen LogP contribution in [0.25, 0.3) is 0 Å². The quantitative estimate of drug-likeness (QED) is 0.745. The fraction of sp³-hybridized carbons (Fsp3) is 0.583. The summed E-state index contributed by atoms with van der Waals surface area (Å²) >= 11 is 0. The Bertz CT molecular complexity index is 234. The van der Waals surface area contributed by atoms with Gasteiger partial charge in [-0.25, -0.2) is 0 Å². The van der Waals surface area contributed by atoms with Gasteiger partial charge in [0.05, 0.1) is 0 Å². The molecule has 0 fully saturated rings. The fourth-order valence-electron chi connectivity index (χ4n) is 1.13. The van der Waals surface area contributed by atoms with Gasteiger partial charge in [0.2, 0.25) is 0 Å². The van der Waals surface area contributed by atoms with Gasteiger partial charge < -0.3 is 5.32 Å². The Morgan fingerprint density at radius 1 is 1.29 bits per heavy atom. The Hall–Kier alpha value is -0.890. The molecule has 0 unspecified atom stereocenters. The molecule has 0 aliphatic heterocycles. The zero-order valence-corrected chi connectivity index (χ0v) is 9.80. The van der Waals surface area contributed by atoms with E-state index in [1.54, 1.807) is 0 Å². The molecule has 0 radical (unpaired) electrons. The number of aryl methyl sites for hydroxylation is 1. The number of rotatable bonds is 4. The van der Waals surface area contributed by atoms with E-state index in [1.165, 1.54) is 5.69 Å². The number of likely N-dealkylation sites (N-methyl/N-ethyl adjacent to an activating group) is 1. The van der Waals surface area contributed by atoms with Crippen LogP contribution < -0.4 is 5.32 Å². The van der Waals surface area contributed by atoms with Crippen LogP contribution >= 0.6 is 0 Å². The standard InChI is InChI=1S/C10H16N2.C2H6/c1-3-11-8-7-10-6-4-5-9(2)12-10;1-2/h4-6,11H,3,7-8H2,1-2H3;1-2H3. The van der Waals surface area contributed by atoms with Crippen molar-refractivity contribution in [3.63, 3.8) is 0 Å². The van der Waals surface area contributed by atoms with Gasteiger partial charge in [0.1, 0.15) is 0 Å². The molecule has 0 aliphatic rings. The maximum Gasteiger partial charge on any atom is 0.0419 e. The minimum absolute atomic E-state index is 1.02. The molecule has 80 valence electrons. The maximum atomic E-state index is 4.40. The van der Waals surface area contributed by atoms with Gasteiger partial charge in [0.25, 0.3) is 0 Å². The van der Waals surface area contributed by atoms with Gasteiger partial charge in [0, 0.05) is 24.4 Å². The summed E-state index contributed by atoms with van der Waals surface area (Å²) in [5.74, 6) is 0. The first-order valence-electron chi connectivity index (χ1n) is 5.46. The van der Waals surface area contributed by atoms with Gasteiger partial charge in [-0.05, 0) is 25.6 Å². The first-order valence-corrected chi connectivity index (χ1v) is 5.46. The molecule has 2 nitrogen and oxygen atoms in total. The summed E-state index contributed by atoms with van der Waals surface area (Å²) in [5.41, 5.74) is 2.28. The van der Waals surface area contributed by atoms with Gasteiger partial charge in [-0.2, -0.15) is 0 Å². The third-order valence-electron chi connectivity index (χ3n) is 1.75. The van der Waals surface area contributed by atoms with Crippen LogP contribution in [0.2, 0.25) is 0 Å². The average molecular weight is 194 g/mol. The maximum absolute atomic E-state index is 4.40. The summed E-state index contributed by atoms with van der Waals surface area (Å²) in [6.45, 7) is 10.2. The molecule has 1 rings (SSSR count). The van der Waals surface area contributed by atoms with Crippen LogP contribution in [0.4, 0.5) is 0 Å². The molecule has 0 bridgehead atoms. The number of pyridine rings is 1. The highest BCUT2D eigenvalue weighted by Crippen LogP contribution is 1.97. The van der Waals surface area contributed by atoms with E-state index in [4.69, 9.17) is 0 Å². The van der Waals surface area contributed by atoms with Crippen molar-refractivity contribution in [2.75, 3.05) is 13.1 Å². The van der Waals surface area contributed by atoms with Crippen LogP contribution in [-0.2, 0) is 6.42 Å². The Labute approximate surface area is 87.8 Å². The normalized spacial score (nSPS) is 9.14. The Balaban J connectivity index is 0.000000791. The van der Waals surface area contributed by atoms with E-state index in [9.17, 15) is 0 Å². The zero-order valence-electron chi connectivity index (χ0n) is 9.80. The van der Waals surface area contributed by atoms with Crippen LogP contribution in [-0.4, -0.2) is 18.1 Å². The van der Waals surface area contributed by atoms with Crippen molar-refractivity contribution in [3.8, 4) is 0 Å². The molecule has 1 aromatic rings. The minimum Gasteiger partial charge on any atom is -0.317 e. The van der Waals surface area contributed by atoms with Crippen molar-refractivity contribution in [2.24, 2.45) is 0 Å². The molecule has 0 aromatic carbocycles. The monoisotopic (exact) mass is 194 g/mol. The topological polar surface area (TPSA) is 24.9 Å². The Morgan fingerprint density at radius 2 is 2.00 bits per heavy atom. The van der Waals surface area contributed by atoms with Crippen molar-refractivity contribution in [1.29, 1.82) is 0 Å². The van der Waals surface area contributed by atoms with E-state index in [0.29, 0.717) is 0 Å². The minimum atomic E-state index is 1.02. The van der Waals surface area contributed by atoms with E-state index in [1.807, 2.05) is 26.8 Å². The lowest BCUT2D eigenvalue weighted by Crippen LogP contribution is -2.16. The smallest absolute Gasteiger partial charge is 0.0419 e. The van der Waals surface area contributed by atoms with Crippen LogP contribution in [0.15, 0.2) is 18.2 Å². The molecule has 2 heteroatoms. The summed E-state index contributed by atoms with van der Waals surface area (Å²) in [4.78, 5) is 4.40. The van der Waals surface area contributed by atoms with Crippen molar-refractivity contribution in [1.82, 2.24) is 10.3 Å². The highest BCUT2D eigenvalue weighted by atomic mass is 14.8. The molecule has 0 amide bonds. The van der Waals surface area contributed by atoms with Crippen LogP contribution in [0.1, 0.15) is 32.2 Å². The lowest BCUT2D eigenvalue weighted by molar-refractivity contribution is 0.707. The van der Waals surface area contributed by atoms with E-state index in [2.05, 4.69) is 29.4 Å². The molecular weight excluding hydrogens is 172 g/mol. The molecule has 0 spiro atoms. The molecule has 0 saturated heterocycles. The Morgan fingerprint density at radius 3 is 2.57 bits per heavy atom. The first-order chi connectivity index (χ1) is 6.83. The molecule has 0 saturated carbocycles. The van der Waals surface area contributed by atoms with Gasteiger partial charge in [-0.1, -0.05) is 26.8 Å². The largest absolute Gasteiger partial charge is 0.317 e. The third-order valence-corrected chi connectivity index (χ3v) is 1.75. The SMILES string of the molecule is CC.CCNCCc1cccc(C)n1. The predicted octanol–water partition coefficient (Wildman–Crippen LogP) is 2.57. The molecule has 14 heavy (non-hydrogen) atoms. The predicted molar refractivity (Wildman–Crippen MR) is 62.6 cm³/mol. The Kier molecular flexibility index (Phi) is 8.14. The second kappa shape index (κ2) is 8.70. The zero-order chi connectivity index (χ0) is 10.8.